The van der Waals surface area contributed by atoms with E-state index in [4.69, 9.17) is 11.6 Å². The third-order valence-corrected chi connectivity index (χ3v) is 8.52. The molecule has 3 heterocycles. The molecule has 4 heteroatoms. The van der Waals surface area contributed by atoms with Crippen LogP contribution >= 0.6 is 11.6 Å². The number of aromatic amines is 1. The van der Waals surface area contributed by atoms with Crippen molar-refractivity contribution in [2.24, 2.45) is 0 Å². The zero-order chi connectivity index (χ0) is 25.3. The van der Waals surface area contributed by atoms with Crippen molar-refractivity contribution in [2.75, 3.05) is 0 Å². The Morgan fingerprint density at radius 2 is 1.38 bits per heavy atom. The quantitative estimate of drug-likeness (QED) is 0.248. The number of nitrogens with one attached hydrogen (secondary N) is 1. The van der Waals surface area contributed by atoms with Gasteiger partial charge in [-0.3, -0.25) is 0 Å². The average Bonchev–Trinajstić information content (AvgIpc) is 3.53. The maximum Gasteiger partial charge on any atom is 0.123 e. The summed E-state index contributed by atoms with van der Waals surface area (Å²) in [6, 6.07) is 32.5. The highest BCUT2D eigenvalue weighted by molar-refractivity contribution is 6.30. The van der Waals surface area contributed by atoms with Gasteiger partial charge in [0.25, 0.3) is 0 Å². The molecule has 6 aromatic rings. The maximum atomic E-state index is 14.1. The van der Waals surface area contributed by atoms with Gasteiger partial charge in [0.1, 0.15) is 5.82 Å². The van der Waals surface area contributed by atoms with Gasteiger partial charge in [0.15, 0.2) is 0 Å². The van der Waals surface area contributed by atoms with E-state index in [-0.39, 0.29) is 23.7 Å². The molecule has 7 rings (SSSR count). The summed E-state index contributed by atoms with van der Waals surface area (Å²) in [5.74, 6) is -0.0813. The molecule has 4 aromatic carbocycles. The zero-order valence-electron chi connectivity index (χ0n) is 20.7. The van der Waals surface area contributed by atoms with Crippen molar-refractivity contribution in [2.45, 2.75) is 31.7 Å². The van der Waals surface area contributed by atoms with E-state index >= 15 is 0 Å². The summed E-state index contributed by atoms with van der Waals surface area (Å²) < 4.78 is 16.6. The van der Waals surface area contributed by atoms with Crippen molar-refractivity contribution in [1.82, 2.24) is 9.55 Å². The van der Waals surface area contributed by atoms with Gasteiger partial charge in [-0.2, -0.15) is 0 Å². The van der Waals surface area contributed by atoms with Crippen molar-refractivity contribution < 1.29 is 4.39 Å². The predicted octanol–water partition coefficient (Wildman–Crippen LogP) is 9.05. The van der Waals surface area contributed by atoms with Crippen LogP contribution in [0.1, 0.15) is 51.5 Å². The number of aryl methyl sites for hydroxylation is 2. The van der Waals surface area contributed by atoms with E-state index in [0.717, 1.165) is 16.1 Å². The van der Waals surface area contributed by atoms with Gasteiger partial charge >= 0.3 is 0 Å². The lowest BCUT2D eigenvalue weighted by atomic mass is 9.76. The predicted molar refractivity (Wildman–Crippen MR) is 150 cm³/mol. The molecule has 0 saturated carbocycles. The molecule has 1 aliphatic rings. The number of hydrogen-bond donors (Lipinski definition) is 1. The van der Waals surface area contributed by atoms with Crippen molar-refractivity contribution >= 4 is 33.4 Å². The Labute approximate surface area is 220 Å². The Hall–Kier alpha value is -3.82. The highest BCUT2D eigenvalue weighted by atomic mass is 35.5. The van der Waals surface area contributed by atoms with E-state index in [1.165, 1.54) is 44.4 Å². The van der Waals surface area contributed by atoms with E-state index < -0.39 is 0 Å². The first-order valence-corrected chi connectivity index (χ1v) is 13.1. The van der Waals surface area contributed by atoms with Crippen LogP contribution in [0, 0.1) is 19.7 Å². The summed E-state index contributed by atoms with van der Waals surface area (Å²) >= 11 is 6.32. The number of para-hydroxylation sites is 2. The molecule has 1 aliphatic heterocycles. The second-order valence-corrected chi connectivity index (χ2v) is 10.6. The second-order valence-electron chi connectivity index (χ2n) is 10.2. The maximum absolute atomic E-state index is 14.1. The van der Waals surface area contributed by atoms with Gasteiger partial charge in [-0.05, 0) is 72.5 Å². The molecule has 0 radical (unpaired) electrons. The van der Waals surface area contributed by atoms with E-state index in [1.807, 2.05) is 24.3 Å². The Morgan fingerprint density at radius 3 is 2.11 bits per heavy atom. The first-order valence-electron chi connectivity index (χ1n) is 12.7. The molecule has 0 aliphatic carbocycles. The summed E-state index contributed by atoms with van der Waals surface area (Å²) in [5.41, 5.74) is 9.75. The van der Waals surface area contributed by atoms with Crippen molar-refractivity contribution in [3.8, 4) is 0 Å². The summed E-state index contributed by atoms with van der Waals surface area (Å²) in [6.07, 6.45) is 0. The van der Waals surface area contributed by atoms with E-state index in [1.54, 1.807) is 12.1 Å². The third-order valence-electron chi connectivity index (χ3n) is 8.27. The van der Waals surface area contributed by atoms with Crippen molar-refractivity contribution in [3.05, 3.63) is 142 Å². The number of benzene rings is 4. The summed E-state index contributed by atoms with van der Waals surface area (Å²) in [5, 5.41) is 3.23. The van der Waals surface area contributed by atoms with E-state index in [9.17, 15) is 4.39 Å². The van der Waals surface area contributed by atoms with Gasteiger partial charge in [0.2, 0.25) is 0 Å². The topological polar surface area (TPSA) is 20.7 Å². The molecule has 1 N–H and O–H groups in total. The van der Waals surface area contributed by atoms with Crippen LogP contribution in [0.5, 0.6) is 0 Å². The van der Waals surface area contributed by atoms with Gasteiger partial charge < -0.3 is 9.55 Å². The van der Waals surface area contributed by atoms with Gasteiger partial charge in [0.05, 0.1) is 6.04 Å². The van der Waals surface area contributed by atoms with E-state index in [2.05, 4.69) is 84.1 Å². The molecule has 3 atom stereocenters. The Balaban J connectivity index is 1.59. The van der Waals surface area contributed by atoms with Crippen LogP contribution in [0.4, 0.5) is 4.39 Å². The minimum absolute atomic E-state index is 0.00661. The van der Waals surface area contributed by atoms with Gasteiger partial charge in [-0.25, -0.2) is 4.39 Å². The number of hydrogen-bond acceptors (Lipinski definition) is 0. The summed E-state index contributed by atoms with van der Waals surface area (Å²) in [6.45, 7) is 4.45. The van der Waals surface area contributed by atoms with Crippen LogP contribution in [0.15, 0.2) is 97.1 Å². The molecular formula is C33H26ClFN2. The van der Waals surface area contributed by atoms with Crippen LogP contribution in [0.25, 0.3) is 21.8 Å². The fourth-order valence-electron chi connectivity index (χ4n) is 6.65. The molecule has 0 amide bonds. The van der Waals surface area contributed by atoms with Crippen LogP contribution in [0.2, 0.25) is 5.02 Å². The number of fused-ring (bicyclic) bond motifs is 4. The largest absolute Gasteiger partial charge is 0.356 e. The summed E-state index contributed by atoms with van der Waals surface area (Å²) in [7, 11) is 0. The van der Waals surface area contributed by atoms with Gasteiger partial charge in [-0.15, -0.1) is 0 Å². The van der Waals surface area contributed by atoms with Gasteiger partial charge in [-0.1, -0.05) is 72.3 Å². The molecule has 0 saturated heterocycles. The lowest BCUT2D eigenvalue weighted by Crippen LogP contribution is -2.17. The normalized spacial score (nSPS) is 19.1. The molecule has 2 nitrogen and oxygen atoms in total. The fourth-order valence-corrected chi connectivity index (χ4v) is 6.77. The molecule has 182 valence electrons. The molecule has 37 heavy (non-hydrogen) atoms. The molecule has 0 spiro atoms. The standard InChI is InChI=1S/C33H26ClFN2/c1-19-25-7-3-5-9-27(25)36-31(19)33-30(22-13-17-24(35)18-14-22)29(21-11-15-23(34)16-12-21)32-20(2)26-8-4-6-10-28(26)37(32)33/h3-18,29-30,33,36H,1-2H3/t29-,30-,33-/m1/s1. The second kappa shape index (κ2) is 8.36. The smallest absolute Gasteiger partial charge is 0.123 e. The van der Waals surface area contributed by atoms with Crippen LogP contribution in [0.3, 0.4) is 0 Å². The van der Waals surface area contributed by atoms with Crippen LogP contribution < -0.4 is 0 Å². The highest BCUT2D eigenvalue weighted by Gasteiger charge is 2.46. The van der Waals surface area contributed by atoms with Crippen LogP contribution in [-0.2, 0) is 0 Å². The zero-order valence-corrected chi connectivity index (χ0v) is 21.4. The molecule has 0 fully saturated rings. The minimum atomic E-state index is -0.218. The molecular weight excluding hydrogens is 479 g/mol. The number of halogens is 2. The average molecular weight is 505 g/mol. The van der Waals surface area contributed by atoms with Crippen LogP contribution in [-0.4, -0.2) is 9.55 Å². The number of aromatic nitrogens is 2. The lowest BCUT2D eigenvalue weighted by Gasteiger charge is -2.27. The molecule has 2 aromatic heterocycles. The number of H-pyrrole nitrogens is 1. The Kier molecular flexibility index (Phi) is 5.06. The Bertz CT molecular complexity index is 1780. The number of nitrogens with zero attached hydrogens (tertiary/aromatic N) is 1. The Morgan fingerprint density at radius 1 is 0.730 bits per heavy atom. The lowest BCUT2D eigenvalue weighted by molar-refractivity contribution is 0.518. The third kappa shape index (κ3) is 3.30. The monoisotopic (exact) mass is 504 g/mol. The minimum Gasteiger partial charge on any atom is -0.356 e. The fraction of sp³-hybridized carbons (Fsp3) is 0.152. The first kappa shape index (κ1) is 22.4. The van der Waals surface area contributed by atoms with Crippen molar-refractivity contribution in [1.29, 1.82) is 0 Å². The number of rotatable bonds is 3. The van der Waals surface area contributed by atoms with Gasteiger partial charge in [0, 0.05) is 50.1 Å². The van der Waals surface area contributed by atoms with Crippen molar-refractivity contribution in [3.63, 3.8) is 0 Å². The van der Waals surface area contributed by atoms with E-state index in [0.29, 0.717) is 0 Å². The molecule has 0 bridgehead atoms. The molecule has 0 unspecified atom stereocenters. The first-order chi connectivity index (χ1) is 18.0. The summed E-state index contributed by atoms with van der Waals surface area (Å²) in [4.78, 5) is 3.80. The SMILES string of the molecule is Cc1c([C@H]2[C@H](c3ccc(F)cc3)[C@@H](c3ccc(Cl)cc3)c3c(C)c4ccccc4n32)[nH]c2ccccc12. The highest BCUT2D eigenvalue weighted by Crippen LogP contribution is 2.57.